The van der Waals surface area contributed by atoms with Crippen LogP contribution in [0.4, 0.5) is 0 Å². The van der Waals surface area contributed by atoms with Crippen LogP contribution in [0, 0.1) is 5.92 Å². The van der Waals surface area contributed by atoms with E-state index in [0.29, 0.717) is 6.54 Å². The fourth-order valence-electron chi connectivity index (χ4n) is 4.55. The summed E-state index contributed by atoms with van der Waals surface area (Å²) in [5.41, 5.74) is 1.82. The fraction of sp³-hybridized carbons (Fsp3) is 0.300. The highest BCUT2D eigenvalue weighted by Gasteiger charge is 2.41. The van der Waals surface area contributed by atoms with E-state index in [-0.39, 0.29) is 48.2 Å². The van der Waals surface area contributed by atoms with Crippen LogP contribution in [0.25, 0.3) is 0 Å². The molecule has 1 unspecified atom stereocenters. The van der Waals surface area contributed by atoms with Gasteiger partial charge in [-0.05, 0) is 29.2 Å². The van der Waals surface area contributed by atoms with E-state index >= 15 is 0 Å². The van der Waals surface area contributed by atoms with Gasteiger partial charge in [0.2, 0.25) is 11.8 Å². The lowest BCUT2D eigenvalue weighted by molar-refractivity contribution is -0.141. The van der Waals surface area contributed by atoms with E-state index in [1.54, 1.807) is 12.1 Å². The van der Waals surface area contributed by atoms with Crippen molar-refractivity contribution < 1.29 is 22.8 Å². The van der Waals surface area contributed by atoms with Crippen molar-refractivity contribution in [1.29, 1.82) is 0 Å². The van der Waals surface area contributed by atoms with Crippen LogP contribution in [0.1, 0.15) is 41.8 Å². The summed E-state index contributed by atoms with van der Waals surface area (Å²) in [5, 5.41) is 2.96. The van der Waals surface area contributed by atoms with E-state index in [9.17, 15) is 22.8 Å². The van der Waals surface area contributed by atoms with Gasteiger partial charge in [0.05, 0.1) is 5.56 Å². The third kappa shape index (κ3) is 6.54. The van der Waals surface area contributed by atoms with Crippen LogP contribution in [0.15, 0.2) is 89.8 Å². The lowest BCUT2D eigenvalue weighted by Gasteiger charge is -2.32. The third-order valence-electron chi connectivity index (χ3n) is 6.59. The van der Waals surface area contributed by atoms with Crippen LogP contribution >= 0.6 is 0 Å². The monoisotopic (exact) mass is 547 g/mol. The quantitative estimate of drug-likeness (QED) is 0.395. The summed E-state index contributed by atoms with van der Waals surface area (Å²) in [7, 11) is -4.05. The van der Waals surface area contributed by atoms with Crippen molar-refractivity contribution in [3.8, 4) is 0 Å². The Balaban J connectivity index is 1.61. The van der Waals surface area contributed by atoms with Gasteiger partial charge in [0.1, 0.15) is 10.9 Å². The Morgan fingerprint density at radius 2 is 1.46 bits per heavy atom. The Hall–Kier alpha value is -3.98. The first kappa shape index (κ1) is 28.0. The Kier molecular flexibility index (Phi) is 8.81. The Labute approximate surface area is 229 Å². The highest BCUT2D eigenvalue weighted by atomic mass is 32.2. The second-order valence-electron chi connectivity index (χ2n) is 9.98. The van der Waals surface area contributed by atoms with Crippen LogP contribution in [0.2, 0.25) is 0 Å². The average molecular weight is 548 g/mol. The summed E-state index contributed by atoms with van der Waals surface area (Å²) in [6, 6.07) is 24.0. The number of rotatable bonds is 11. The second-order valence-corrected chi connectivity index (χ2v) is 11.8. The molecule has 3 aromatic rings. The van der Waals surface area contributed by atoms with Crippen LogP contribution in [-0.2, 0) is 32.6 Å². The predicted molar refractivity (Wildman–Crippen MR) is 148 cm³/mol. The number of benzene rings is 3. The topological polar surface area (TPSA) is 104 Å². The van der Waals surface area contributed by atoms with Gasteiger partial charge in [0, 0.05) is 32.5 Å². The molecular weight excluding hydrogens is 514 g/mol. The molecule has 1 atom stereocenters. The standard InChI is InChI=1S/C30H33N3O5S/c1-22(2)20-31-29(35)26(19-23-11-5-3-6-12-23)32(21-24-13-7-4-8-14-24)28(34)17-18-33-30(36)25-15-9-10-16-27(25)39(33,37)38/h3-16,22,26H,17-21H2,1-2H3,(H,31,35). The summed E-state index contributed by atoms with van der Waals surface area (Å²) in [6.07, 6.45) is 0.0320. The number of hydrogen-bond donors (Lipinski definition) is 1. The molecule has 3 aromatic carbocycles. The van der Waals surface area contributed by atoms with Crippen molar-refractivity contribution >= 4 is 27.7 Å². The predicted octanol–water partition coefficient (Wildman–Crippen LogP) is 3.63. The van der Waals surface area contributed by atoms with E-state index in [4.69, 9.17) is 0 Å². The highest BCUT2D eigenvalue weighted by Crippen LogP contribution is 2.30. The van der Waals surface area contributed by atoms with E-state index in [2.05, 4.69) is 5.32 Å². The van der Waals surface area contributed by atoms with Gasteiger partial charge < -0.3 is 10.2 Å². The zero-order chi connectivity index (χ0) is 28.0. The number of hydrogen-bond acceptors (Lipinski definition) is 5. The molecule has 0 aliphatic carbocycles. The van der Waals surface area contributed by atoms with Gasteiger partial charge in [-0.1, -0.05) is 86.6 Å². The normalized spacial score (nSPS) is 14.6. The SMILES string of the molecule is CC(C)CNC(=O)C(Cc1ccccc1)N(Cc1ccccc1)C(=O)CCN1C(=O)c2ccccc2S1(=O)=O. The smallest absolute Gasteiger partial charge is 0.269 e. The van der Waals surface area contributed by atoms with Crippen LogP contribution in [0.5, 0.6) is 0 Å². The summed E-state index contributed by atoms with van der Waals surface area (Å²) in [5.74, 6) is -1.13. The lowest BCUT2D eigenvalue weighted by Crippen LogP contribution is -2.51. The molecule has 1 heterocycles. The number of amides is 3. The fourth-order valence-corrected chi connectivity index (χ4v) is 6.12. The van der Waals surface area contributed by atoms with Crippen molar-refractivity contribution in [1.82, 2.24) is 14.5 Å². The van der Waals surface area contributed by atoms with Crippen molar-refractivity contribution in [2.24, 2.45) is 5.92 Å². The molecule has 0 bridgehead atoms. The maximum atomic E-state index is 13.8. The maximum absolute atomic E-state index is 13.8. The summed E-state index contributed by atoms with van der Waals surface area (Å²) in [4.78, 5) is 41.6. The molecule has 0 radical (unpaired) electrons. The molecule has 4 rings (SSSR count). The minimum Gasteiger partial charge on any atom is -0.354 e. The van der Waals surface area contributed by atoms with Crippen molar-refractivity contribution in [3.63, 3.8) is 0 Å². The molecule has 1 aliphatic rings. The largest absolute Gasteiger partial charge is 0.354 e. The zero-order valence-electron chi connectivity index (χ0n) is 22.1. The van der Waals surface area contributed by atoms with Gasteiger partial charge in [-0.3, -0.25) is 14.4 Å². The van der Waals surface area contributed by atoms with E-state index in [1.807, 2.05) is 74.5 Å². The number of carbonyl (C=O) groups excluding carboxylic acids is 3. The Morgan fingerprint density at radius 1 is 0.872 bits per heavy atom. The molecule has 0 saturated heterocycles. The maximum Gasteiger partial charge on any atom is 0.269 e. The third-order valence-corrected chi connectivity index (χ3v) is 8.43. The first-order chi connectivity index (χ1) is 18.7. The van der Waals surface area contributed by atoms with E-state index in [1.165, 1.54) is 17.0 Å². The molecule has 204 valence electrons. The van der Waals surface area contributed by atoms with Crippen molar-refractivity contribution in [3.05, 3.63) is 102 Å². The van der Waals surface area contributed by atoms with Crippen LogP contribution < -0.4 is 5.32 Å². The van der Waals surface area contributed by atoms with Crippen LogP contribution in [-0.4, -0.2) is 54.5 Å². The lowest BCUT2D eigenvalue weighted by atomic mass is 10.0. The molecule has 39 heavy (non-hydrogen) atoms. The molecule has 0 spiro atoms. The molecule has 1 aliphatic heterocycles. The number of fused-ring (bicyclic) bond motifs is 1. The second kappa shape index (κ2) is 12.3. The highest BCUT2D eigenvalue weighted by molar-refractivity contribution is 7.90. The molecule has 0 saturated carbocycles. The van der Waals surface area contributed by atoms with Crippen LogP contribution in [0.3, 0.4) is 0 Å². The number of nitrogens with zero attached hydrogens (tertiary/aromatic N) is 2. The number of nitrogens with one attached hydrogen (secondary N) is 1. The average Bonchev–Trinajstić information content (AvgIpc) is 3.13. The minimum absolute atomic E-state index is 0.0568. The van der Waals surface area contributed by atoms with Gasteiger partial charge in [0.15, 0.2) is 0 Å². The first-order valence-electron chi connectivity index (χ1n) is 13.0. The number of sulfonamides is 1. The molecular formula is C30H33N3O5S. The zero-order valence-corrected chi connectivity index (χ0v) is 22.9. The summed E-state index contributed by atoms with van der Waals surface area (Å²) < 4.78 is 26.8. The van der Waals surface area contributed by atoms with Gasteiger partial charge in [-0.25, -0.2) is 12.7 Å². The van der Waals surface area contributed by atoms with Crippen molar-refractivity contribution in [2.75, 3.05) is 13.1 Å². The van der Waals surface area contributed by atoms with E-state index < -0.39 is 27.9 Å². The molecule has 1 N–H and O–H groups in total. The Bertz CT molecular complexity index is 1430. The summed E-state index contributed by atoms with van der Waals surface area (Å²) in [6.45, 7) is 4.28. The number of carbonyl (C=O) groups is 3. The van der Waals surface area contributed by atoms with Gasteiger partial charge in [-0.15, -0.1) is 0 Å². The summed E-state index contributed by atoms with van der Waals surface area (Å²) >= 11 is 0. The molecule has 0 fully saturated rings. The minimum atomic E-state index is -4.05. The molecule has 3 amide bonds. The molecule has 8 nitrogen and oxygen atoms in total. The van der Waals surface area contributed by atoms with Gasteiger partial charge >= 0.3 is 0 Å². The van der Waals surface area contributed by atoms with Crippen molar-refractivity contribution in [2.45, 2.75) is 44.2 Å². The molecule has 0 aromatic heterocycles. The van der Waals surface area contributed by atoms with Gasteiger partial charge in [-0.2, -0.15) is 0 Å². The molecule has 9 heteroatoms. The Morgan fingerprint density at radius 3 is 2.08 bits per heavy atom. The first-order valence-corrected chi connectivity index (χ1v) is 14.4. The van der Waals surface area contributed by atoms with Gasteiger partial charge in [0.25, 0.3) is 15.9 Å². The van der Waals surface area contributed by atoms with E-state index in [0.717, 1.165) is 15.4 Å².